The largest absolute Gasteiger partial charge is 0.504 e. The molecule has 0 saturated heterocycles. The number of fused-ring (bicyclic) bond motifs is 3. The molecule has 2 atom stereocenters. The minimum atomic E-state index is -0.446. The van der Waals surface area contributed by atoms with Crippen LogP contribution in [0.15, 0.2) is 57.9 Å². The molecule has 0 bridgehead atoms. The molecule has 29 heavy (non-hydrogen) atoms. The second-order valence-electron chi connectivity index (χ2n) is 9.59. The van der Waals surface area contributed by atoms with E-state index in [0.717, 1.165) is 41.6 Å². The molecule has 0 aromatic rings. The highest BCUT2D eigenvalue weighted by atomic mass is 16.5. The number of carbonyl (C=O) groups excluding carboxylic acids is 2. The molecule has 0 radical (unpaired) electrons. The van der Waals surface area contributed by atoms with Gasteiger partial charge in [-0.1, -0.05) is 57.4 Å². The highest BCUT2D eigenvalue weighted by Gasteiger charge is 2.50. The minimum Gasteiger partial charge on any atom is -0.504 e. The molecule has 3 rings (SSSR count). The molecule has 156 valence electrons. The van der Waals surface area contributed by atoms with Crippen molar-refractivity contribution in [2.75, 3.05) is 6.61 Å². The number of allylic oxidation sites excluding steroid dienone is 7. The number of aliphatic hydroxyl groups is 1. The Hall–Kier alpha value is -2.36. The highest BCUT2D eigenvalue weighted by Crippen LogP contribution is 2.59. The highest BCUT2D eigenvalue weighted by molar-refractivity contribution is 6.10. The summed E-state index contributed by atoms with van der Waals surface area (Å²) in [5, 5.41) is 10.9. The standard InChI is InChI=1S/C25H32O4/c1-15(2)12-20(26)29-14-24(5)10-7-11-25(6)19(24)9-8-17-13-18(16(3)4)22(27)23(28)21(17)25/h8-9,12-13,16,28H,7,10-11,14H2,1-6H3. The third-order valence-corrected chi connectivity index (χ3v) is 6.51. The lowest BCUT2D eigenvalue weighted by molar-refractivity contribution is -0.141. The number of ketones is 1. The Morgan fingerprint density at radius 1 is 1.24 bits per heavy atom. The van der Waals surface area contributed by atoms with Crippen molar-refractivity contribution < 1.29 is 19.4 Å². The van der Waals surface area contributed by atoms with Gasteiger partial charge >= 0.3 is 5.97 Å². The maximum Gasteiger partial charge on any atom is 0.330 e. The van der Waals surface area contributed by atoms with Crippen LogP contribution in [0.5, 0.6) is 0 Å². The van der Waals surface area contributed by atoms with Gasteiger partial charge in [0.05, 0.1) is 0 Å². The van der Waals surface area contributed by atoms with Gasteiger partial charge in [-0.15, -0.1) is 0 Å². The van der Waals surface area contributed by atoms with Crippen LogP contribution < -0.4 is 0 Å². The Balaban J connectivity index is 2.02. The molecular weight excluding hydrogens is 364 g/mol. The summed E-state index contributed by atoms with van der Waals surface area (Å²) in [5.41, 5.74) is 3.54. The summed E-state index contributed by atoms with van der Waals surface area (Å²) in [4.78, 5) is 24.9. The third kappa shape index (κ3) is 3.65. The van der Waals surface area contributed by atoms with Crippen molar-refractivity contribution in [3.63, 3.8) is 0 Å². The molecule has 0 spiro atoms. The molecule has 4 heteroatoms. The van der Waals surface area contributed by atoms with Gasteiger partial charge in [-0.05, 0) is 44.3 Å². The van der Waals surface area contributed by atoms with E-state index in [9.17, 15) is 14.7 Å². The summed E-state index contributed by atoms with van der Waals surface area (Å²) in [5.74, 6) is -0.667. The number of rotatable bonds is 4. The van der Waals surface area contributed by atoms with Crippen LogP contribution in [0.2, 0.25) is 0 Å². The average Bonchev–Trinajstić information content (AvgIpc) is 2.61. The molecule has 0 heterocycles. The average molecular weight is 397 g/mol. The summed E-state index contributed by atoms with van der Waals surface area (Å²) < 4.78 is 5.59. The molecule has 4 nitrogen and oxygen atoms in total. The summed E-state index contributed by atoms with van der Waals surface area (Å²) in [6.45, 7) is 12.2. The second kappa shape index (κ2) is 7.47. The van der Waals surface area contributed by atoms with Gasteiger partial charge in [0.2, 0.25) is 5.78 Å². The number of esters is 1. The third-order valence-electron chi connectivity index (χ3n) is 6.51. The SMILES string of the molecule is CC(C)=CC(=O)OCC1(C)CCCC2(C)C1=CC=C1C=C(C(C)C)C(=O)C(O)=C12. The van der Waals surface area contributed by atoms with E-state index in [2.05, 4.69) is 19.9 Å². The first-order chi connectivity index (χ1) is 13.5. The van der Waals surface area contributed by atoms with Crippen molar-refractivity contribution in [3.05, 3.63) is 57.9 Å². The van der Waals surface area contributed by atoms with Gasteiger partial charge in [-0.2, -0.15) is 0 Å². The molecule has 0 aromatic heterocycles. The Bertz CT molecular complexity index is 905. The molecule has 2 unspecified atom stereocenters. The van der Waals surface area contributed by atoms with Crippen molar-refractivity contribution in [1.82, 2.24) is 0 Å². The van der Waals surface area contributed by atoms with E-state index in [1.165, 1.54) is 6.08 Å². The molecular formula is C25H32O4. The Labute approximate surface area is 173 Å². The van der Waals surface area contributed by atoms with Crippen LogP contribution in [0.3, 0.4) is 0 Å². The molecule has 1 N–H and O–H groups in total. The van der Waals surface area contributed by atoms with Crippen molar-refractivity contribution in [1.29, 1.82) is 0 Å². The normalized spacial score (nSPS) is 28.8. The van der Waals surface area contributed by atoms with E-state index in [4.69, 9.17) is 4.74 Å². The second-order valence-corrected chi connectivity index (χ2v) is 9.59. The van der Waals surface area contributed by atoms with Gasteiger partial charge in [0.1, 0.15) is 6.61 Å². The Morgan fingerprint density at radius 3 is 2.55 bits per heavy atom. The molecule has 1 saturated carbocycles. The zero-order valence-corrected chi connectivity index (χ0v) is 18.4. The zero-order valence-electron chi connectivity index (χ0n) is 18.4. The molecule has 1 fully saturated rings. The smallest absolute Gasteiger partial charge is 0.330 e. The number of hydrogen-bond donors (Lipinski definition) is 1. The first-order valence-corrected chi connectivity index (χ1v) is 10.4. The van der Waals surface area contributed by atoms with Crippen molar-refractivity contribution in [3.8, 4) is 0 Å². The van der Waals surface area contributed by atoms with Gasteiger partial charge in [0, 0.05) is 28.1 Å². The molecule has 0 aliphatic heterocycles. The maximum absolute atomic E-state index is 12.8. The van der Waals surface area contributed by atoms with Gasteiger partial charge in [0.25, 0.3) is 0 Å². The number of aliphatic hydroxyl groups excluding tert-OH is 1. The van der Waals surface area contributed by atoms with E-state index in [0.29, 0.717) is 5.57 Å². The fraction of sp³-hybridized carbons (Fsp3) is 0.520. The zero-order chi connectivity index (χ0) is 21.6. The number of hydrogen-bond acceptors (Lipinski definition) is 4. The number of ether oxygens (including phenoxy) is 1. The Morgan fingerprint density at radius 2 is 1.93 bits per heavy atom. The maximum atomic E-state index is 12.8. The van der Waals surface area contributed by atoms with Gasteiger partial charge in [-0.3, -0.25) is 4.79 Å². The van der Waals surface area contributed by atoms with E-state index in [1.807, 2.05) is 39.8 Å². The van der Waals surface area contributed by atoms with E-state index >= 15 is 0 Å². The molecule has 3 aliphatic rings. The topological polar surface area (TPSA) is 63.6 Å². The monoisotopic (exact) mass is 396 g/mol. The fourth-order valence-corrected chi connectivity index (χ4v) is 5.08. The van der Waals surface area contributed by atoms with E-state index in [1.54, 1.807) is 0 Å². The van der Waals surface area contributed by atoms with Crippen molar-refractivity contribution in [2.45, 2.75) is 60.8 Å². The number of carbonyl (C=O) groups is 2. The van der Waals surface area contributed by atoms with Crippen molar-refractivity contribution >= 4 is 11.8 Å². The minimum absolute atomic E-state index is 0.0522. The first kappa shape index (κ1) is 21.4. The van der Waals surface area contributed by atoms with E-state index < -0.39 is 5.41 Å². The fourth-order valence-electron chi connectivity index (χ4n) is 5.08. The van der Waals surface area contributed by atoms with Crippen LogP contribution >= 0.6 is 0 Å². The van der Waals surface area contributed by atoms with Gasteiger partial charge in [-0.25, -0.2) is 4.79 Å². The summed E-state index contributed by atoms with van der Waals surface area (Å²) in [6, 6.07) is 0. The van der Waals surface area contributed by atoms with Crippen LogP contribution in [0.25, 0.3) is 0 Å². The Kier molecular flexibility index (Phi) is 5.50. The lowest BCUT2D eigenvalue weighted by Crippen LogP contribution is -2.43. The lowest BCUT2D eigenvalue weighted by atomic mass is 9.54. The lowest BCUT2D eigenvalue weighted by Gasteiger charge is -2.50. The van der Waals surface area contributed by atoms with Gasteiger partial charge in [0.15, 0.2) is 5.76 Å². The predicted molar refractivity (Wildman–Crippen MR) is 114 cm³/mol. The summed E-state index contributed by atoms with van der Waals surface area (Å²) >= 11 is 0. The van der Waals surface area contributed by atoms with Crippen LogP contribution in [0.1, 0.15) is 60.8 Å². The first-order valence-electron chi connectivity index (χ1n) is 10.4. The van der Waals surface area contributed by atoms with Crippen LogP contribution in [-0.2, 0) is 14.3 Å². The summed E-state index contributed by atoms with van der Waals surface area (Å²) in [7, 11) is 0. The van der Waals surface area contributed by atoms with Crippen LogP contribution in [-0.4, -0.2) is 23.5 Å². The van der Waals surface area contributed by atoms with Gasteiger partial charge < -0.3 is 9.84 Å². The predicted octanol–water partition coefficient (Wildman–Crippen LogP) is 5.54. The molecule has 0 aromatic carbocycles. The van der Waals surface area contributed by atoms with Crippen molar-refractivity contribution in [2.24, 2.45) is 16.7 Å². The quantitative estimate of drug-likeness (QED) is 0.501. The molecule has 3 aliphatic carbocycles. The molecule has 0 amide bonds. The number of Topliss-reactive ketones (excluding diaryl/α,β-unsaturated/α-hetero) is 1. The summed E-state index contributed by atoms with van der Waals surface area (Å²) in [6.07, 6.45) is 10.2. The van der Waals surface area contributed by atoms with Crippen LogP contribution in [0, 0.1) is 16.7 Å². The van der Waals surface area contributed by atoms with Crippen LogP contribution in [0.4, 0.5) is 0 Å². The van der Waals surface area contributed by atoms with E-state index in [-0.39, 0.29) is 35.5 Å².